The third kappa shape index (κ3) is 7.79. The summed E-state index contributed by atoms with van der Waals surface area (Å²) in [5.41, 5.74) is 4.50. The predicted molar refractivity (Wildman–Crippen MR) is 167 cm³/mol. The van der Waals surface area contributed by atoms with Crippen molar-refractivity contribution in [2.45, 2.75) is 46.8 Å². The molecule has 0 saturated carbocycles. The van der Waals surface area contributed by atoms with Gasteiger partial charge in [-0.15, -0.1) is 0 Å². The summed E-state index contributed by atoms with van der Waals surface area (Å²) < 4.78 is 8.94. The maximum absolute atomic E-state index is 12.3. The molecular weight excluding hydrogens is 648 g/mol. The first-order chi connectivity index (χ1) is 18.6. The summed E-state index contributed by atoms with van der Waals surface area (Å²) in [7, 11) is 1.64. The van der Waals surface area contributed by atoms with Crippen molar-refractivity contribution in [3.8, 4) is 5.75 Å². The number of rotatable bonds is 8. The van der Waals surface area contributed by atoms with Crippen molar-refractivity contribution in [1.29, 1.82) is 0 Å². The number of hydrogen-bond donors (Lipinski definition) is 0. The van der Waals surface area contributed by atoms with Crippen molar-refractivity contribution in [3.05, 3.63) is 119 Å². The maximum atomic E-state index is 12.3. The molecule has 0 bridgehead atoms. The first-order valence-electron chi connectivity index (χ1n) is 13.4. The summed E-state index contributed by atoms with van der Waals surface area (Å²) in [5, 5.41) is 12.3. The second kappa shape index (κ2) is 14.2. The first kappa shape index (κ1) is 31.0. The van der Waals surface area contributed by atoms with Gasteiger partial charge in [-0.25, -0.2) is 0 Å². The molecule has 3 nitrogen and oxygen atoms in total. The molecule has 202 valence electrons. The minimum atomic E-state index is -3.69. The van der Waals surface area contributed by atoms with Gasteiger partial charge in [0.1, 0.15) is 0 Å². The molecule has 1 atom stereocenters. The number of carboxylic acids is 1. The SMILES string of the molecule is COc1cccc([CH](CC(=O)[O-])[Ge]([c]2ccc(C)cc2)([c]2ccc(C)cc2)[c]2ccc(C)cc2)c1.[CH3][Sn+]([CH3])[CH3]. The molecule has 0 aliphatic rings. The number of benzene rings is 4. The van der Waals surface area contributed by atoms with Gasteiger partial charge in [0, 0.05) is 0 Å². The number of methoxy groups -OCH3 is 1. The second-order valence-electron chi connectivity index (χ2n) is 10.8. The van der Waals surface area contributed by atoms with E-state index < -0.39 is 39.0 Å². The van der Waals surface area contributed by atoms with Crippen LogP contribution >= 0.6 is 0 Å². The number of aliphatic carboxylic acids is 1. The number of carboxylic acid groups (broad SMARTS) is 1. The molecular formula is C34H40GeO3Sn. The van der Waals surface area contributed by atoms with Gasteiger partial charge < -0.3 is 0 Å². The minimum absolute atomic E-state index is 0.0667. The number of carbonyl (C=O) groups is 1. The van der Waals surface area contributed by atoms with E-state index >= 15 is 0 Å². The summed E-state index contributed by atoms with van der Waals surface area (Å²) in [6, 6.07) is 33.9. The zero-order chi connectivity index (χ0) is 28.6. The van der Waals surface area contributed by atoms with Gasteiger partial charge in [-0.05, 0) is 0 Å². The quantitative estimate of drug-likeness (QED) is 0.247. The monoisotopic (exact) mass is 690 g/mol. The van der Waals surface area contributed by atoms with E-state index in [9.17, 15) is 9.90 Å². The van der Waals surface area contributed by atoms with Crippen LogP contribution in [-0.4, -0.2) is 46.1 Å². The summed E-state index contributed by atoms with van der Waals surface area (Å²) in [5.74, 6) is -0.321. The third-order valence-electron chi connectivity index (χ3n) is 6.91. The summed E-state index contributed by atoms with van der Waals surface area (Å²) >= 11 is -4.24. The molecule has 0 amide bonds. The van der Waals surface area contributed by atoms with E-state index in [0.29, 0.717) is 0 Å². The molecule has 5 heteroatoms. The molecule has 4 aromatic rings. The molecule has 4 rings (SSSR count). The van der Waals surface area contributed by atoms with Crippen molar-refractivity contribution >= 4 is 52.2 Å². The fraction of sp³-hybridized carbons (Fsp3) is 0.265. The van der Waals surface area contributed by atoms with Crippen LogP contribution in [0, 0.1) is 20.8 Å². The Hall–Kier alpha value is -2.51. The van der Waals surface area contributed by atoms with E-state index in [-0.39, 0.29) is 11.2 Å². The zero-order valence-corrected chi connectivity index (χ0v) is 29.2. The molecule has 0 fully saturated rings. The standard InChI is InChI=1S/C31H32GeO3.3CH3.Sn/c1-22-8-14-26(15-9-22)32(27-16-10-23(2)11-17-27,28-18-12-24(3)13-19-28)30(21-31(33)34)25-6-5-7-29(20-25)35-4;;;;/h5-20,30H,21H2,1-4H3,(H,33,34);3*1H3;/q;;;;+1/p-1. The van der Waals surface area contributed by atoms with Crippen LogP contribution < -0.4 is 23.0 Å². The molecule has 0 N–H and O–H groups in total. The molecule has 1 unspecified atom stereocenters. The molecule has 0 heterocycles. The Labute approximate surface area is 244 Å². The van der Waals surface area contributed by atoms with Crippen LogP contribution in [0.15, 0.2) is 97.1 Å². The van der Waals surface area contributed by atoms with E-state index in [0.717, 1.165) is 11.3 Å². The molecule has 0 aliphatic carbocycles. The summed E-state index contributed by atoms with van der Waals surface area (Å²) in [6.07, 6.45) is -0.0667. The van der Waals surface area contributed by atoms with Crippen molar-refractivity contribution in [2.24, 2.45) is 0 Å². The fourth-order valence-corrected chi connectivity index (χ4v) is 16.5. The number of carbonyl (C=O) groups excluding carboxylic acids is 1. The van der Waals surface area contributed by atoms with Crippen molar-refractivity contribution < 1.29 is 14.6 Å². The Kier molecular flexibility index (Phi) is 11.3. The molecule has 4 aromatic carbocycles. The van der Waals surface area contributed by atoms with E-state index in [1.807, 2.05) is 24.3 Å². The molecule has 0 aliphatic heterocycles. The van der Waals surface area contributed by atoms with Gasteiger partial charge in [-0.3, -0.25) is 0 Å². The zero-order valence-electron chi connectivity index (χ0n) is 24.2. The van der Waals surface area contributed by atoms with Gasteiger partial charge in [-0.1, -0.05) is 0 Å². The Morgan fingerprint density at radius 1 is 0.744 bits per heavy atom. The van der Waals surface area contributed by atoms with Gasteiger partial charge >= 0.3 is 246 Å². The number of hydrogen-bond acceptors (Lipinski definition) is 3. The van der Waals surface area contributed by atoms with E-state index in [1.165, 1.54) is 29.9 Å². The average Bonchev–Trinajstić information content (AvgIpc) is 2.90. The second-order valence-corrected chi connectivity index (χ2v) is 27.9. The van der Waals surface area contributed by atoms with Crippen LogP contribution in [0.2, 0.25) is 14.8 Å². The Balaban J connectivity index is 0.000000983. The van der Waals surface area contributed by atoms with Gasteiger partial charge in [0.25, 0.3) is 0 Å². The normalized spacial score (nSPS) is 11.7. The Morgan fingerprint density at radius 3 is 1.46 bits per heavy atom. The van der Waals surface area contributed by atoms with Crippen molar-refractivity contribution in [1.82, 2.24) is 0 Å². The van der Waals surface area contributed by atoms with E-state index in [2.05, 4.69) is 108 Å². The molecule has 0 radical (unpaired) electrons. The van der Waals surface area contributed by atoms with Gasteiger partial charge in [0.15, 0.2) is 0 Å². The van der Waals surface area contributed by atoms with Gasteiger partial charge in [0.2, 0.25) is 0 Å². The number of ether oxygens (including phenoxy) is 1. The Morgan fingerprint density at radius 2 is 1.13 bits per heavy atom. The van der Waals surface area contributed by atoms with Crippen LogP contribution in [0.25, 0.3) is 0 Å². The predicted octanol–water partition coefficient (Wildman–Crippen LogP) is 4.92. The van der Waals surface area contributed by atoms with E-state index in [4.69, 9.17) is 4.74 Å². The summed E-state index contributed by atoms with van der Waals surface area (Å²) in [6.45, 7) is 6.24. The van der Waals surface area contributed by atoms with Gasteiger partial charge in [0.05, 0.1) is 0 Å². The van der Waals surface area contributed by atoms with Crippen LogP contribution in [-0.2, 0) is 4.79 Å². The third-order valence-corrected chi connectivity index (χ3v) is 18.1. The van der Waals surface area contributed by atoms with E-state index in [1.54, 1.807) is 7.11 Å². The number of aryl methyl sites for hydroxylation is 3. The molecule has 39 heavy (non-hydrogen) atoms. The Bertz CT molecular complexity index is 1230. The van der Waals surface area contributed by atoms with Crippen molar-refractivity contribution in [3.63, 3.8) is 0 Å². The van der Waals surface area contributed by atoms with Crippen LogP contribution in [0.5, 0.6) is 5.75 Å². The first-order valence-corrected chi connectivity index (χ1v) is 26.3. The van der Waals surface area contributed by atoms with Crippen LogP contribution in [0.4, 0.5) is 0 Å². The van der Waals surface area contributed by atoms with Crippen LogP contribution in [0.3, 0.4) is 0 Å². The summed E-state index contributed by atoms with van der Waals surface area (Å²) in [4.78, 5) is 19.4. The fourth-order valence-electron chi connectivity index (χ4n) is 5.10. The average molecular weight is 688 g/mol. The van der Waals surface area contributed by atoms with Crippen LogP contribution in [0.1, 0.15) is 33.4 Å². The molecule has 0 spiro atoms. The topological polar surface area (TPSA) is 49.4 Å². The molecule has 0 aromatic heterocycles. The molecule has 0 saturated heterocycles. The van der Waals surface area contributed by atoms with Crippen molar-refractivity contribution in [2.75, 3.05) is 7.11 Å². The van der Waals surface area contributed by atoms with Gasteiger partial charge in [-0.2, -0.15) is 0 Å².